The maximum atomic E-state index is 12.3. The molecule has 0 aliphatic carbocycles. The van der Waals surface area contributed by atoms with Gasteiger partial charge in [-0.25, -0.2) is 13.1 Å². The van der Waals surface area contributed by atoms with E-state index in [1.54, 1.807) is 12.1 Å². The van der Waals surface area contributed by atoms with E-state index in [1.165, 1.54) is 12.8 Å². The van der Waals surface area contributed by atoms with Crippen molar-refractivity contribution in [2.45, 2.75) is 50.3 Å². The van der Waals surface area contributed by atoms with Gasteiger partial charge >= 0.3 is 0 Å². The highest BCUT2D eigenvalue weighted by atomic mass is 32.2. The molecule has 1 heterocycles. The minimum atomic E-state index is -3.39. The molecule has 1 atom stereocenters. The van der Waals surface area contributed by atoms with Gasteiger partial charge in [-0.05, 0) is 61.4 Å². The predicted molar refractivity (Wildman–Crippen MR) is 90.5 cm³/mol. The fourth-order valence-electron chi connectivity index (χ4n) is 2.79. The summed E-state index contributed by atoms with van der Waals surface area (Å²) in [6.07, 6.45) is 3.27. The third-order valence-electron chi connectivity index (χ3n) is 4.27. The zero-order valence-corrected chi connectivity index (χ0v) is 14.7. The average Bonchev–Trinajstić information content (AvgIpc) is 2.47. The van der Waals surface area contributed by atoms with E-state index in [9.17, 15) is 8.42 Å². The van der Waals surface area contributed by atoms with Crippen molar-refractivity contribution >= 4 is 10.0 Å². The summed E-state index contributed by atoms with van der Waals surface area (Å²) in [4.78, 5) is 0.349. The van der Waals surface area contributed by atoms with Gasteiger partial charge < -0.3 is 5.32 Å². The molecular formula is C17H28N2O2S. The maximum absolute atomic E-state index is 12.3. The molecule has 2 N–H and O–H groups in total. The first-order chi connectivity index (χ1) is 10.3. The first-order valence-corrected chi connectivity index (χ1v) is 9.58. The van der Waals surface area contributed by atoms with Crippen molar-refractivity contribution in [1.82, 2.24) is 10.0 Å². The minimum Gasteiger partial charge on any atom is -0.316 e. The fourth-order valence-corrected chi connectivity index (χ4v) is 3.83. The van der Waals surface area contributed by atoms with E-state index in [0.717, 1.165) is 25.1 Å². The summed E-state index contributed by atoms with van der Waals surface area (Å²) in [5.74, 6) is 0.583. The van der Waals surface area contributed by atoms with Crippen molar-refractivity contribution in [1.29, 1.82) is 0 Å². The van der Waals surface area contributed by atoms with Gasteiger partial charge in [0.25, 0.3) is 0 Å². The number of benzene rings is 1. The van der Waals surface area contributed by atoms with E-state index in [-0.39, 0.29) is 5.41 Å². The van der Waals surface area contributed by atoms with Crippen LogP contribution in [-0.4, -0.2) is 28.1 Å². The largest absolute Gasteiger partial charge is 0.316 e. The summed E-state index contributed by atoms with van der Waals surface area (Å²) < 4.78 is 27.3. The molecule has 0 aromatic heterocycles. The number of sulfonamides is 1. The Balaban J connectivity index is 1.92. The molecular weight excluding hydrogens is 296 g/mol. The van der Waals surface area contributed by atoms with Gasteiger partial charge in [0.15, 0.2) is 0 Å². The van der Waals surface area contributed by atoms with Gasteiger partial charge in [0, 0.05) is 6.54 Å². The highest BCUT2D eigenvalue weighted by Crippen LogP contribution is 2.23. The molecule has 1 saturated heterocycles. The minimum absolute atomic E-state index is 0.0315. The molecule has 0 saturated carbocycles. The molecule has 1 aromatic rings. The lowest BCUT2D eigenvalue weighted by atomic mass is 9.87. The molecule has 5 heteroatoms. The molecule has 1 fully saturated rings. The van der Waals surface area contributed by atoms with Crippen LogP contribution in [0.1, 0.15) is 45.6 Å². The summed E-state index contributed by atoms with van der Waals surface area (Å²) in [6, 6.07) is 7.20. The topological polar surface area (TPSA) is 58.2 Å². The third-order valence-corrected chi connectivity index (χ3v) is 5.75. The standard InChI is InChI=1S/C17H28N2O2S/c1-17(2,3)15-6-8-16(9-7-15)22(20,21)19-12-10-14-5-4-11-18-13-14/h6-9,14,18-19H,4-5,10-13H2,1-3H3. The zero-order valence-electron chi connectivity index (χ0n) is 13.9. The lowest BCUT2D eigenvalue weighted by Gasteiger charge is -2.22. The Hall–Kier alpha value is -0.910. The maximum Gasteiger partial charge on any atom is 0.240 e. The van der Waals surface area contributed by atoms with Gasteiger partial charge in [0.1, 0.15) is 0 Å². The molecule has 124 valence electrons. The molecule has 4 nitrogen and oxygen atoms in total. The van der Waals surface area contributed by atoms with Crippen LogP contribution in [-0.2, 0) is 15.4 Å². The summed E-state index contributed by atoms with van der Waals surface area (Å²) in [7, 11) is -3.39. The van der Waals surface area contributed by atoms with Crippen molar-refractivity contribution in [3.8, 4) is 0 Å². The smallest absolute Gasteiger partial charge is 0.240 e. The number of hydrogen-bond acceptors (Lipinski definition) is 3. The highest BCUT2D eigenvalue weighted by Gasteiger charge is 2.18. The van der Waals surface area contributed by atoms with Crippen LogP contribution >= 0.6 is 0 Å². The first-order valence-electron chi connectivity index (χ1n) is 8.10. The van der Waals surface area contributed by atoms with Crippen molar-refractivity contribution in [2.24, 2.45) is 5.92 Å². The summed E-state index contributed by atoms with van der Waals surface area (Å²) in [5, 5.41) is 3.36. The Labute approximate surface area is 134 Å². The lowest BCUT2D eigenvalue weighted by Crippen LogP contribution is -2.33. The van der Waals surface area contributed by atoms with Crippen LogP contribution < -0.4 is 10.0 Å². The van der Waals surface area contributed by atoms with Crippen LogP contribution in [0, 0.1) is 5.92 Å². The Kier molecular flexibility index (Phi) is 5.64. The van der Waals surface area contributed by atoms with E-state index < -0.39 is 10.0 Å². The zero-order chi connectivity index (χ0) is 16.2. The summed E-state index contributed by atoms with van der Waals surface area (Å²) in [5.41, 5.74) is 1.17. The summed E-state index contributed by atoms with van der Waals surface area (Å²) in [6.45, 7) is 8.95. The molecule has 1 aliphatic heterocycles. The summed E-state index contributed by atoms with van der Waals surface area (Å²) >= 11 is 0. The van der Waals surface area contributed by atoms with Crippen LogP contribution in [0.3, 0.4) is 0 Å². The van der Waals surface area contributed by atoms with Crippen LogP contribution in [0.2, 0.25) is 0 Å². The molecule has 1 aromatic carbocycles. The van der Waals surface area contributed by atoms with Gasteiger partial charge in [-0.1, -0.05) is 32.9 Å². The van der Waals surface area contributed by atoms with Gasteiger partial charge in [-0.15, -0.1) is 0 Å². The normalized spacial score (nSPS) is 20.0. The van der Waals surface area contributed by atoms with E-state index in [4.69, 9.17) is 0 Å². The number of nitrogens with one attached hydrogen (secondary N) is 2. The molecule has 0 amide bonds. The lowest BCUT2D eigenvalue weighted by molar-refractivity contribution is 0.358. The van der Waals surface area contributed by atoms with Gasteiger partial charge in [0.05, 0.1) is 4.90 Å². The average molecular weight is 324 g/mol. The second-order valence-electron chi connectivity index (χ2n) is 7.17. The van der Waals surface area contributed by atoms with Crippen LogP contribution in [0.5, 0.6) is 0 Å². The van der Waals surface area contributed by atoms with Crippen molar-refractivity contribution in [3.63, 3.8) is 0 Å². The van der Waals surface area contributed by atoms with Crippen molar-refractivity contribution < 1.29 is 8.42 Å². The molecule has 22 heavy (non-hydrogen) atoms. The molecule has 0 bridgehead atoms. The Morgan fingerprint density at radius 3 is 2.45 bits per heavy atom. The number of rotatable bonds is 5. The van der Waals surface area contributed by atoms with Crippen LogP contribution in [0.4, 0.5) is 0 Å². The molecule has 1 unspecified atom stereocenters. The number of piperidine rings is 1. The van der Waals surface area contributed by atoms with Crippen LogP contribution in [0.15, 0.2) is 29.2 Å². The van der Waals surface area contributed by atoms with Gasteiger partial charge in [-0.3, -0.25) is 0 Å². The fraction of sp³-hybridized carbons (Fsp3) is 0.647. The molecule has 0 radical (unpaired) electrons. The quantitative estimate of drug-likeness (QED) is 0.875. The Morgan fingerprint density at radius 1 is 1.23 bits per heavy atom. The monoisotopic (exact) mass is 324 g/mol. The third kappa shape index (κ3) is 4.80. The van der Waals surface area contributed by atoms with Crippen molar-refractivity contribution in [2.75, 3.05) is 19.6 Å². The molecule has 2 rings (SSSR count). The second kappa shape index (κ2) is 7.11. The van der Waals surface area contributed by atoms with Gasteiger partial charge in [0.2, 0.25) is 10.0 Å². The van der Waals surface area contributed by atoms with E-state index in [0.29, 0.717) is 17.4 Å². The van der Waals surface area contributed by atoms with E-state index in [1.807, 2.05) is 12.1 Å². The second-order valence-corrected chi connectivity index (χ2v) is 8.94. The van der Waals surface area contributed by atoms with Crippen LogP contribution in [0.25, 0.3) is 0 Å². The predicted octanol–water partition coefficient (Wildman–Crippen LogP) is 2.65. The van der Waals surface area contributed by atoms with E-state index in [2.05, 4.69) is 30.8 Å². The number of hydrogen-bond donors (Lipinski definition) is 2. The first kappa shape index (κ1) is 17.4. The van der Waals surface area contributed by atoms with Gasteiger partial charge in [-0.2, -0.15) is 0 Å². The SMILES string of the molecule is CC(C)(C)c1ccc(S(=O)(=O)NCCC2CCCNC2)cc1. The Morgan fingerprint density at radius 2 is 1.91 bits per heavy atom. The molecule has 1 aliphatic rings. The van der Waals surface area contributed by atoms with Crippen molar-refractivity contribution in [3.05, 3.63) is 29.8 Å². The molecule has 0 spiro atoms. The highest BCUT2D eigenvalue weighted by molar-refractivity contribution is 7.89. The van der Waals surface area contributed by atoms with E-state index >= 15 is 0 Å². The Bertz CT molecular complexity index is 568.